The van der Waals surface area contributed by atoms with Crippen molar-refractivity contribution in [1.29, 1.82) is 0 Å². The fraction of sp³-hybridized carbons (Fsp3) is 0.0667. The fourth-order valence-electron chi connectivity index (χ4n) is 2.21. The number of anilines is 1. The van der Waals surface area contributed by atoms with Crippen LogP contribution in [-0.4, -0.2) is 4.98 Å². The number of halogens is 1. The number of benzene rings is 2. The number of nitrogen functional groups attached to an aromatic ring is 1. The van der Waals surface area contributed by atoms with Crippen LogP contribution in [0.3, 0.4) is 0 Å². The zero-order valence-electron chi connectivity index (χ0n) is 9.78. The maximum absolute atomic E-state index is 5.99. The maximum Gasteiger partial charge on any atom is 0.0456 e. The average Bonchev–Trinajstić information content (AvgIpc) is 2.76. The van der Waals surface area contributed by atoms with Gasteiger partial charge in [0.1, 0.15) is 0 Å². The summed E-state index contributed by atoms with van der Waals surface area (Å²) < 4.78 is 0. The smallest absolute Gasteiger partial charge is 0.0456 e. The standard InChI is InChI=1S/C15H13ClN2/c16-12-6-5-10(14(17)8-12)7-11-9-18-15-4-2-1-3-13(11)15/h1-6,8-9,18H,7,17H2. The quantitative estimate of drug-likeness (QED) is 0.669. The molecule has 90 valence electrons. The summed E-state index contributed by atoms with van der Waals surface area (Å²) in [6.07, 6.45) is 2.85. The van der Waals surface area contributed by atoms with Gasteiger partial charge in [0.05, 0.1) is 0 Å². The summed E-state index contributed by atoms with van der Waals surface area (Å²) in [5.41, 5.74) is 10.2. The van der Waals surface area contributed by atoms with E-state index in [-0.39, 0.29) is 0 Å². The Kier molecular flexibility index (Phi) is 2.73. The van der Waals surface area contributed by atoms with E-state index in [1.807, 2.05) is 30.5 Å². The molecule has 18 heavy (non-hydrogen) atoms. The predicted molar refractivity (Wildman–Crippen MR) is 77.0 cm³/mol. The topological polar surface area (TPSA) is 41.8 Å². The molecule has 1 aromatic heterocycles. The van der Waals surface area contributed by atoms with Crippen molar-refractivity contribution in [3.05, 3.63) is 64.8 Å². The second-order valence-electron chi connectivity index (χ2n) is 4.38. The first kappa shape index (κ1) is 11.2. The highest BCUT2D eigenvalue weighted by Gasteiger charge is 2.06. The zero-order valence-corrected chi connectivity index (χ0v) is 10.5. The largest absolute Gasteiger partial charge is 0.398 e. The number of aromatic nitrogens is 1. The summed E-state index contributed by atoms with van der Waals surface area (Å²) in [5, 5.41) is 1.92. The number of hydrogen-bond donors (Lipinski definition) is 2. The van der Waals surface area contributed by atoms with Gasteiger partial charge in [-0.05, 0) is 29.3 Å². The van der Waals surface area contributed by atoms with E-state index < -0.39 is 0 Å². The van der Waals surface area contributed by atoms with Gasteiger partial charge in [-0.25, -0.2) is 0 Å². The summed E-state index contributed by atoms with van der Waals surface area (Å²) in [5.74, 6) is 0. The first-order chi connectivity index (χ1) is 8.74. The number of fused-ring (bicyclic) bond motifs is 1. The first-order valence-corrected chi connectivity index (χ1v) is 6.21. The Bertz CT molecular complexity index is 701. The Balaban J connectivity index is 2.01. The lowest BCUT2D eigenvalue weighted by molar-refractivity contribution is 1.21. The van der Waals surface area contributed by atoms with Crippen LogP contribution in [0.2, 0.25) is 5.02 Å². The van der Waals surface area contributed by atoms with Gasteiger partial charge in [-0.2, -0.15) is 0 Å². The molecule has 2 nitrogen and oxygen atoms in total. The van der Waals surface area contributed by atoms with Crippen LogP contribution in [0.1, 0.15) is 11.1 Å². The van der Waals surface area contributed by atoms with Gasteiger partial charge in [0, 0.05) is 34.2 Å². The highest BCUT2D eigenvalue weighted by molar-refractivity contribution is 6.30. The second kappa shape index (κ2) is 4.39. The van der Waals surface area contributed by atoms with Crippen molar-refractivity contribution >= 4 is 28.2 Å². The third-order valence-corrected chi connectivity index (χ3v) is 3.40. The van der Waals surface area contributed by atoms with Crippen molar-refractivity contribution in [3.8, 4) is 0 Å². The van der Waals surface area contributed by atoms with Gasteiger partial charge >= 0.3 is 0 Å². The molecule has 0 aliphatic heterocycles. The highest BCUT2D eigenvalue weighted by Crippen LogP contribution is 2.25. The van der Waals surface area contributed by atoms with E-state index in [9.17, 15) is 0 Å². The molecule has 1 heterocycles. The molecule has 0 atom stereocenters. The molecular formula is C15H13ClN2. The third kappa shape index (κ3) is 1.95. The van der Waals surface area contributed by atoms with Crippen molar-refractivity contribution in [1.82, 2.24) is 4.98 Å². The second-order valence-corrected chi connectivity index (χ2v) is 4.82. The number of hydrogen-bond acceptors (Lipinski definition) is 1. The van der Waals surface area contributed by atoms with Crippen molar-refractivity contribution in [2.45, 2.75) is 6.42 Å². The van der Waals surface area contributed by atoms with Crippen LogP contribution in [0.15, 0.2) is 48.7 Å². The maximum atomic E-state index is 5.99. The molecule has 0 saturated heterocycles. The fourth-order valence-corrected chi connectivity index (χ4v) is 2.39. The van der Waals surface area contributed by atoms with Crippen molar-refractivity contribution in [2.75, 3.05) is 5.73 Å². The lowest BCUT2D eigenvalue weighted by Crippen LogP contribution is -1.95. The third-order valence-electron chi connectivity index (χ3n) is 3.16. The minimum atomic E-state index is 0.676. The molecule has 2 aromatic carbocycles. The molecule has 0 bridgehead atoms. The Morgan fingerprint density at radius 1 is 1.06 bits per heavy atom. The minimum absolute atomic E-state index is 0.676. The molecule has 0 radical (unpaired) electrons. The van der Waals surface area contributed by atoms with Crippen LogP contribution in [0, 0.1) is 0 Å². The van der Waals surface area contributed by atoms with Gasteiger partial charge in [-0.3, -0.25) is 0 Å². The molecule has 0 unspecified atom stereocenters. The van der Waals surface area contributed by atoms with Crippen LogP contribution < -0.4 is 5.73 Å². The van der Waals surface area contributed by atoms with E-state index in [0.29, 0.717) is 5.02 Å². The van der Waals surface area contributed by atoms with Crippen LogP contribution in [0.5, 0.6) is 0 Å². The van der Waals surface area contributed by atoms with Gasteiger partial charge in [0.25, 0.3) is 0 Å². The number of nitrogens with two attached hydrogens (primary N) is 1. The van der Waals surface area contributed by atoms with Crippen LogP contribution >= 0.6 is 11.6 Å². The summed E-state index contributed by atoms with van der Waals surface area (Å²) in [7, 11) is 0. The lowest BCUT2D eigenvalue weighted by atomic mass is 10.0. The molecule has 3 heteroatoms. The molecule has 0 fully saturated rings. The summed E-state index contributed by atoms with van der Waals surface area (Å²) >= 11 is 5.91. The Morgan fingerprint density at radius 2 is 1.89 bits per heavy atom. The monoisotopic (exact) mass is 256 g/mol. The SMILES string of the molecule is Nc1cc(Cl)ccc1Cc1c[nH]c2ccccc12. The van der Waals surface area contributed by atoms with Crippen molar-refractivity contribution < 1.29 is 0 Å². The van der Waals surface area contributed by atoms with Crippen molar-refractivity contribution in [2.24, 2.45) is 0 Å². The summed E-state index contributed by atoms with van der Waals surface area (Å²) in [6, 6.07) is 13.9. The average molecular weight is 257 g/mol. The lowest BCUT2D eigenvalue weighted by Gasteiger charge is -2.05. The molecular weight excluding hydrogens is 244 g/mol. The van der Waals surface area contributed by atoms with Crippen molar-refractivity contribution in [3.63, 3.8) is 0 Å². The van der Waals surface area contributed by atoms with Gasteiger partial charge in [0.15, 0.2) is 0 Å². The van der Waals surface area contributed by atoms with E-state index in [1.54, 1.807) is 6.07 Å². The predicted octanol–water partition coefficient (Wildman–Crippen LogP) is 3.99. The molecule has 0 spiro atoms. The van der Waals surface area contributed by atoms with Gasteiger partial charge in [-0.1, -0.05) is 35.9 Å². The number of H-pyrrole nitrogens is 1. The number of aromatic amines is 1. The number of rotatable bonds is 2. The number of nitrogens with one attached hydrogen (secondary N) is 1. The van der Waals surface area contributed by atoms with Crippen LogP contribution in [0.4, 0.5) is 5.69 Å². The molecule has 3 rings (SSSR count). The van der Waals surface area contributed by atoms with E-state index >= 15 is 0 Å². The van der Waals surface area contributed by atoms with E-state index in [4.69, 9.17) is 17.3 Å². The molecule has 0 aliphatic rings. The van der Waals surface area contributed by atoms with E-state index in [1.165, 1.54) is 10.9 Å². The van der Waals surface area contributed by atoms with Gasteiger partial charge in [-0.15, -0.1) is 0 Å². The molecule has 3 N–H and O–H groups in total. The van der Waals surface area contributed by atoms with Gasteiger partial charge < -0.3 is 10.7 Å². The Labute approximate surface area is 110 Å². The summed E-state index contributed by atoms with van der Waals surface area (Å²) in [6.45, 7) is 0. The normalized spacial score (nSPS) is 10.9. The van der Waals surface area contributed by atoms with E-state index in [2.05, 4.69) is 17.1 Å². The first-order valence-electron chi connectivity index (χ1n) is 5.83. The molecule has 0 aliphatic carbocycles. The highest BCUT2D eigenvalue weighted by atomic mass is 35.5. The van der Waals surface area contributed by atoms with Crippen LogP contribution in [0.25, 0.3) is 10.9 Å². The number of para-hydroxylation sites is 1. The Morgan fingerprint density at radius 3 is 2.72 bits per heavy atom. The van der Waals surface area contributed by atoms with Crippen LogP contribution in [-0.2, 0) is 6.42 Å². The molecule has 0 amide bonds. The van der Waals surface area contributed by atoms with Gasteiger partial charge in [0.2, 0.25) is 0 Å². The Hall–Kier alpha value is -1.93. The molecule has 3 aromatic rings. The molecule has 0 saturated carbocycles. The summed E-state index contributed by atoms with van der Waals surface area (Å²) in [4.78, 5) is 3.27. The van der Waals surface area contributed by atoms with E-state index in [0.717, 1.165) is 23.2 Å². The zero-order chi connectivity index (χ0) is 12.5. The minimum Gasteiger partial charge on any atom is -0.398 e.